The summed E-state index contributed by atoms with van der Waals surface area (Å²) in [5.74, 6) is 2.67. The van der Waals surface area contributed by atoms with Gasteiger partial charge in [0.25, 0.3) is 5.91 Å². The Morgan fingerprint density at radius 1 is 1.14 bits per heavy atom. The molecule has 5 heteroatoms. The molecule has 21 heavy (non-hydrogen) atoms. The number of nitrogens with one attached hydrogen (secondary N) is 1. The largest absolute Gasteiger partial charge is 0.486 e. The maximum absolute atomic E-state index is 12.3. The van der Waals surface area contributed by atoms with E-state index in [9.17, 15) is 4.79 Å². The lowest BCUT2D eigenvalue weighted by molar-refractivity contribution is 0.0934. The third-order valence-corrected chi connectivity index (χ3v) is 3.34. The maximum Gasteiger partial charge on any atom is 0.252 e. The van der Waals surface area contributed by atoms with Crippen molar-refractivity contribution >= 4 is 5.91 Å². The number of carbonyl (C=O) groups is 1. The third kappa shape index (κ3) is 2.86. The molecule has 0 saturated heterocycles. The minimum absolute atomic E-state index is 0.173. The summed E-state index contributed by atoms with van der Waals surface area (Å²) in [6.45, 7) is 4.79. The van der Waals surface area contributed by atoms with Gasteiger partial charge < -0.3 is 19.2 Å². The van der Waals surface area contributed by atoms with Crippen LogP contribution in [-0.4, -0.2) is 19.1 Å². The number of amides is 1. The Labute approximate surface area is 122 Å². The summed E-state index contributed by atoms with van der Waals surface area (Å²) in [6.07, 6.45) is 0. The number of hydrogen-bond acceptors (Lipinski definition) is 4. The third-order valence-electron chi connectivity index (χ3n) is 3.34. The van der Waals surface area contributed by atoms with Crippen LogP contribution in [0.3, 0.4) is 0 Å². The molecule has 2 heterocycles. The second-order valence-electron chi connectivity index (χ2n) is 5.00. The molecule has 1 aliphatic heterocycles. The van der Waals surface area contributed by atoms with E-state index < -0.39 is 0 Å². The van der Waals surface area contributed by atoms with Crippen molar-refractivity contribution in [1.82, 2.24) is 5.32 Å². The van der Waals surface area contributed by atoms with Crippen LogP contribution in [0.15, 0.2) is 34.7 Å². The molecule has 1 aromatic heterocycles. The van der Waals surface area contributed by atoms with E-state index in [1.165, 1.54) is 0 Å². The first-order chi connectivity index (χ1) is 10.1. The molecule has 3 rings (SSSR count). The Kier molecular flexibility index (Phi) is 3.56. The molecule has 0 fully saturated rings. The van der Waals surface area contributed by atoms with Crippen LogP contribution in [0.4, 0.5) is 0 Å². The highest BCUT2D eigenvalue weighted by atomic mass is 16.6. The molecule has 1 N–H and O–H groups in total. The second-order valence-corrected chi connectivity index (χ2v) is 5.00. The van der Waals surface area contributed by atoms with Gasteiger partial charge in [-0.3, -0.25) is 4.79 Å². The average molecular weight is 287 g/mol. The first-order valence-corrected chi connectivity index (χ1v) is 6.90. The highest BCUT2D eigenvalue weighted by molar-refractivity contribution is 5.95. The molecule has 1 unspecified atom stereocenters. The van der Waals surface area contributed by atoms with E-state index in [1.807, 2.05) is 26.0 Å². The lowest BCUT2D eigenvalue weighted by Gasteiger charge is -2.19. The van der Waals surface area contributed by atoms with E-state index in [-0.39, 0.29) is 11.9 Å². The fraction of sp³-hybridized carbons (Fsp3) is 0.312. The van der Waals surface area contributed by atoms with Crippen molar-refractivity contribution < 1.29 is 18.7 Å². The molecular weight excluding hydrogens is 270 g/mol. The first-order valence-electron chi connectivity index (χ1n) is 6.90. The summed E-state index contributed by atoms with van der Waals surface area (Å²) >= 11 is 0. The number of benzene rings is 1. The number of fused-ring (bicyclic) bond motifs is 1. The van der Waals surface area contributed by atoms with E-state index in [0.29, 0.717) is 30.3 Å². The van der Waals surface area contributed by atoms with E-state index >= 15 is 0 Å². The number of rotatable bonds is 3. The Morgan fingerprint density at radius 3 is 2.62 bits per heavy atom. The van der Waals surface area contributed by atoms with Crippen molar-refractivity contribution in [2.75, 3.05) is 13.2 Å². The predicted molar refractivity (Wildman–Crippen MR) is 76.8 cm³/mol. The number of hydrogen-bond donors (Lipinski definition) is 1. The van der Waals surface area contributed by atoms with Gasteiger partial charge in [0.1, 0.15) is 24.7 Å². The van der Waals surface area contributed by atoms with Crippen molar-refractivity contribution in [3.05, 3.63) is 47.4 Å². The van der Waals surface area contributed by atoms with E-state index in [1.54, 1.807) is 18.2 Å². The zero-order valence-corrected chi connectivity index (χ0v) is 12.0. The smallest absolute Gasteiger partial charge is 0.252 e. The molecule has 110 valence electrons. The molecule has 1 aliphatic rings. The van der Waals surface area contributed by atoms with Crippen LogP contribution < -0.4 is 14.8 Å². The Morgan fingerprint density at radius 2 is 1.90 bits per heavy atom. The lowest BCUT2D eigenvalue weighted by atomic mass is 10.1. The van der Waals surface area contributed by atoms with Gasteiger partial charge in [0.15, 0.2) is 11.5 Å². The van der Waals surface area contributed by atoms with Gasteiger partial charge in [-0.05, 0) is 44.2 Å². The minimum Gasteiger partial charge on any atom is -0.486 e. The molecule has 0 bridgehead atoms. The van der Waals surface area contributed by atoms with Gasteiger partial charge in [0.05, 0.1) is 6.04 Å². The number of furan rings is 1. The Hall–Kier alpha value is -2.43. The van der Waals surface area contributed by atoms with Crippen LogP contribution in [0, 0.1) is 6.92 Å². The standard InChI is InChI=1S/C16H17NO4/c1-10-3-5-13(21-10)11(2)17-16(18)12-4-6-14-15(9-12)20-8-7-19-14/h3-6,9,11H,7-8H2,1-2H3,(H,17,18). The zero-order valence-electron chi connectivity index (χ0n) is 12.0. The molecule has 1 amide bonds. The minimum atomic E-state index is -0.195. The SMILES string of the molecule is Cc1ccc(C(C)NC(=O)c2ccc3c(c2)OCCO3)o1. The summed E-state index contributed by atoms with van der Waals surface area (Å²) in [4.78, 5) is 12.3. The summed E-state index contributed by atoms with van der Waals surface area (Å²) in [5, 5.41) is 2.90. The number of aryl methyl sites for hydroxylation is 1. The lowest BCUT2D eigenvalue weighted by Crippen LogP contribution is -2.26. The predicted octanol–water partition coefficient (Wildman–Crippen LogP) is 2.85. The molecule has 0 spiro atoms. The van der Waals surface area contributed by atoms with Crippen molar-refractivity contribution in [2.24, 2.45) is 0 Å². The van der Waals surface area contributed by atoms with Crippen molar-refractivity contribution in [2.45, 2.75) is 19.9 Å². The van der Waals surface area contributed by atoms with Crippen LogP contribution >= 0.6 is 0 Å². The maximum atomic E-state index is 12.3. The monoisotopic (exact) mass is 287 g/mol. The van der Waals surface area contributed by atoms with Gasteiger partial charge >= 0.3 is 0 Å². The van der Waals surface area contributed by atoms with Crippen molar-refractivity contribution in [3.63, 3.8) is 0 Å². The molecular formula is C16H17NO4. The van der Waals surface area contributed by atoms with E-state index in [2.05, 4.69) is 5.32 Å². The topological polar surface area (TPSA) is 60.7 Å². The van der Waals surface area contributed by atoms with E-state index in [0.717, 1.165) is 11.5 Å². The van der Waals surface area contributed by atoms with Crippen molar-refractivity contribution in [3.8, 4) is 11.5 Å². The zero-order chi connectivity index (χ0) is 14.8. The van der Waals surface area contributed by atoms with Crippen LogP contribution in [0.2, 0.25) is 0 Å². The van der Waals surface area contributed by atoms with Crippen LogP contribution in [0.25, 0.3) is 0 Å². The fourth-order valence-corrected chi connectivity index (χ4v) is 2.22. The first kappa shape index (κ1) is 13.5. The average Bonchev–Trinajstić information content (AvgIpc) is 2.93. The highest BCUT2D eigenvalue weighted by Gasteiger charge is 2.17. The Bertz CT molecular complexity index is 662. The van der Waals surface area contributed by atoms with Gasteiger partial charge in [0.2, 0.25) is 0 Å². The van der Waals surface area contributed by atoms with Gasteiger partial charge in [-0.25, -0.2) is 0 Å². The van der Waals surface area contributed by atoms with E-state index in [4.69, 9.17) is 13.9 Å². The summed E-state index contributed by atoms with van der Waals surface area (Å²) in [6, 6.07) is 8.73. The molecule has 1 aromatic carbocycles. The molecule has 2 aromatic rings. The molecule has 5 nitrogen and oxygen atoms in total. The Balaban J connectivity index is 1.73. The normalized spacial score (nSPS) is 14.6. The number of ether oxygens (including phenoxy) is 2. The van der Waals surface area contributed by atoms with Gasteiger partial charge in [-0.15, -0.1) is 0 Å². The van der Waals surface area contributed by atoms with Gasteiger partial charge in [-0.2, -0.15) is 0 Å². The summed E-state index contributed by atoms with van der Waals surface area (Å²) in [7, 11) is 0. The molecule has 0 aliphatic carbocycles. The molecule has 0 radical (unpaired) electrons. The van der Waals surface area contributed by atoms with Gasteiger partial charge in [0, 0.05) is 5.56 Å². The van der Waals surface area contributed by atoms with Crippen LogP contribution in [-0.2, 0) is 0 Å². The molecule has 1 atom stereocenters. The molecule has 0 saturated carbocycles. The van der Waals surface area contributed by atoms with Crippen molar-refractivity contribution in [1.29, 1.82) is 0 Å². The summed E-state index contributed by atoms with van der Waals surface area (Å²) < 4.78 is 16.4. The number of carbonyl (C=O) groups excluding carboxylic acids is 1. The van der Waals surface area contributed by atoms with Gasteiger partial charge in [-0.1, -0.05) is 0 Å². The fourth-order valence-electron chi connectivity index (χ4n) is 2.22. The summed E-state index contributed by atoms with van der Waals surface area (Å²) in [5.41, 5.74) is 0.536. The quantitative estimate of drug-likeness (QED) is 0.943. The van der Waals surface area contributed by atoms with Crippen LogP contribution in [0.1, 0.15) is 34.8 Å². The second kappa shape index (κ2) is 5.52. The van der Waals surface area contributed by atoms with Crippen LogP contribution in [0.5, 0.6) is 11.5 Å². The highest BCUT2D eigenvalue weighted by Crippen LogP contribution is 2.30.